The fraction of sp³-hybridized carbons (Fsp3) is 0.444. The summed E-state index contributed by atoms with van der Waals surface area (Å²) in [6.07, 6.45) is 3.42. The molecule has 2 amide bonds. The largest absolute Gasteiger partial charge is 0.463 e. The number of ether oxygens (including phenoxy) is 1. The van der Waals surface area contributed by atoms with E-state index in [2.05, 4.69) is 34.9 Å². The van der Waals surface area contributed by atoms with Crippen molar-refractivity contribution >= 4 is 23.8 Å². The summed E-state index contributed by atoms with van der Waals surface area (Å²) in [5.74, 6) is 0.241. The van der Waals surface area contributed by atoms with E-state index in [1.165, 1.54) is 17.5 Å². The fourth-order valence-corrected chi connectivity index (χ4v) is 4.49. The molecule has 1 aliphatic carbocycles. The van der Waals surface area contributed by atoms with Crippen LogP contribution in [0, 0.1) is 0 Å². The number of fused-ring (bicyclic) bond motifs is 1. The Kier molecular flexibility index (Phi) is 5.45. The van der Waals surface area contributed by atoms with Crippen LogP contribution in [-0.4, -0.2) is 30.9 Å². The van der Waals surface area contributed by atoms with Gasteiger partial charge in [-0.05, 0) is 37.3 Å². The number of rotatable bonds is 5. The lowest BCUT2D eigenvalue weighted by molar-refractivity contribution is -0.138. The molecule has 128 valence electrons. The quantitative estimate of drug-likeness (QED) is 0.805. The van der Waals surface area contributed by atoms with E-state index in [4.69, 9.17) is 4.74 Å². The van der Waals surface area contributed by atoms with E-state index in [-0.39, 0.29) is 18.5 Å². The molecular weight excluding hydrogens is 324 g/mol. The Morgan fingerprint density at radius 2 is 2.21 bits per heavy atom. The molecule has 3 rings (SSSR count). The van der Waals surface area contributed by atoms with Gasteiger partial charge in [-0.3, -0.25) is 0 Å². The zero-order chi connectivity index (χ0) is 16.9. The second-order valence-electron chi connectivity index (χ2n) is 5.88. The third-order valence-electron chi connectivity index (χ3n) is 4.32. The highest BCUT2D eigenvalue weighted by molar-refractivity contribution is 7.99. The van der Waals surface area contributed by atoms with Gasteiger partial charge in [0, 0.05) is 16.7 Å². The average Bonchev–Trinajstić information content (AvgIpc) is 2.60. The van der Waals surface area contributed by atoms with Crippen LogP contribution in [0.25, 0.3) is 0 Å². The number of carbonyl (C=O) groups excluding carboxylic acids is 2. The first-order chi connectivity index (χ1) is 11.7. The summed E-state index contributed by atoms with van der Waals surface area (Å²) < 4.78 is 5.10. The lowest BCUT2D eigenvalue weighted by Gasteiger charge is -2.27. The van der Waals surface area contributed by atoms with Gasteiger partial charge in [0.05, 0.1) is 18.7 Å². The molecule has 1 atom stereocenters. The first kappa shape index (κ1) is 16.9. The molecular formula is C18H22N2O3S. The zero-order valence-electron chi connectivity index (χ0n) is 13.8. The average molecular weight is 346 g/mol. The molecule has 1 aromatic carbocycles. The topological polar surface area (TPSA) is 67.4 Å². The van der Waals surface area contributed by atoms with E-state index in [0.29, 0.717) is 28.9 Å². The number of urea groups is 1. The number of aryl methyl sites for hydroxylation is 1. The van der Waals surface area contributed by atoms with Gasteiger partial charge in [0.1, 0.15) is 0 Å². The highest BCUT2D eigenvalue weighted by Gasteiger charge is 2.26. The minimum absolute atomic E-state index is 0.224. The monoisotopic (exact) mass is 346 g/mol. The van der Waals surface area contributed by atoms with Gasteiger partial charge < -0.3 is 15.4 Å². The van der Waals surface area contributed by atoms with Crippen LogP contribution in [0.3, 0.4) is 0 Å². The summed E-state index contributed by atoms with van der Waals surface area (Å²) in [5.41, 5.74) is 3.99. The molecule has 5 nitrogen and oxygen atoms in total. The Balaban J connectivity index is 1.74. The molecule has 0 fully saturated rings. The molecule has 6 heteroatoms. The smallest absolute Gasteiger partial charge is 0.337 e. The predicted octanol–water partition coefficient (Wildman–Crippen LogP) is 2.93. The van der Waals surface area contributed by atoms with E-state index in [1.54, 1.807) is 18.7 Å². The first-order valence-corrected chi connectivity index (χ1v) is 9.37. The number of hydrogen-bond donors (Lipinski definition) is 2. The van der Waals surface area contributed by atoms with Crippen LogP contribution in [0.1, 0.15) is 36.1 Å². The van der Waals surface area contributed by atoms with E-state index in [1.807, 2.05) is 0 Å². The number of benzene rings is 1. The summed E-state index contributed by atoms with van der Waals surface area (Å²) >= 11 is 1.78. The van der Waals surface area contributed by atoms with E-state index in [0.717, 1.165) is 12.8 Å². The lowest BCUT2D eigenvalue weighted by atomic mass is 9.91. The van der Waals surface area contributed by atoms with Crippen molar-refractivity contribution in [3.8, 4) is 0 Å². The van der Waals surface area contributed by atoms with E-state index >= 15 is 0 Å². The molecule has 0 saturated carbocycles. The van der Waals surface area contributed by atoms with Gasteiger partial charge in [0.25, 0.3) is 0 Å². The summed E-state index contributed by atoms with van der Waals surface area (Å²) in [6.45, 7) is 2.33. The minimum Gasteiger partial charge on any atom is -0.463 e. The van der Waals surface area contributed by atoms with Crippen molar-refractivity contribution in [2.24, 2.45) is 0 Å². The standard InChI is InChI=1S/C18H22N2O3S/c1-2-23-17(21)14-10-19-18(22)20-15(14)11-24-16-9-5-7-12-6-3-4-8-13(12)16/h3-4,6,8,16H,2,5,7,9-11H2,1H3,(H2,19,20,22). The van der Waals surface area contributed by atoms with Crippen LogP contribution in [0.15, 0.2) is 35.5 Å². The number of thioether (sulfide) groups is 1. The van der Waals surface area contributed by atoms with Gasteiger partial charge in [0.2, 0.25) is 0 Å². The Hall–Kier alpha value is -1.95. The number of amides is 2. The maximum absolute atomic E-state index is 12.1. The highest BCUT2D eigenvalue weighted by Crippen LogP contribution is 2.40. The number of carbonyl (C=O) groups is 2. The Morgan fingerprint density at radius 3 is 3.04 bits per heavy atom. The van der Waals surface area contributed by atoms with Crippen molar-refractivity contribution in [2.75, 3.05) is 18.9 Å². The Bertz CT molecular complexity index is 672. The summed E-state index contributed by atoms with van der Waals surface area (Å²) in [6, 6.07) is 8.28. The van der Waals surface area contributed by atoms with Gasteiger partial charge >= 0.3 is 12.0 Å². The van der Waals surface area contributed by atoms with Gasteiger partial charge in [-0.2, -0.15) is 0 Å². The number of esters is 1. The molecule has 0 spiro atoms. The SMILES string of the molecule is CCOC(=O)C1=C(CSC2CCCc3ccccc32)NC(=O)NC1. The molecule has 1 aliphatic heterocycles. The molecule has 0 aromatic heterocycles. The molecule has 0 bridgehead atoms. The highest BCUT2D eigenvalue weighted by atomic mass is 32.2. The fourth-order valence-electron chi connectivity index (χ4n) is 3.14. The van der Waals surface area contributed by atoms with Crippen molar-refractivity contribution in [1.82, 2.24) is 10.6 Å². The van der Waals surface area contributed by atoms with E-state index < -0.39 is 0 Å². The van der Waals surface area contributed by atoms with Gasteiger partial charge in [-0.25, -0.2) is 9.59 Å². The second kappa shape index (κ2) is 7.75. The maximum Gasteiger partial charge on any atom is 0.337 e. The second-order valence-corrected chi connectivity index (χ2v) is 7.07. The molecule has 2 N–H and O–H groups in total. The van der Waals surface area contributed by atoms with Crippen molar-refractivity contribution in [1.29, 1.82) is 0 Å². The zero-order valence-corrected chi connectivity index (χ0v) is 14.6. The lowest BCUT2D eigenvalue weighted by Crippen LogP contribution is -2.44. The Labute approximate surface area is 146 Å². The normalized spacial score (nSPS) is 20.0. The molecule has 2 aliphatic rings. The molecule has 24 heavy (non-hydrogen) atoms. The molecule has 1 aromatic rings. The van der Waals surface area contributed by atoms with Crippen molar-refractivity contribution in [3.05, 3.63) is 46.7 Å². The minimum atomic E-state index is -0.357. The van der Waals surface area contributed by atoms with Crippen molar-refractivity contribution < 1.29 is 14.3 Å². The van der Waals surface area contributed by atoms with Crippen LogP contribution >= 0.6 is 11.8 Å². The predicted molar refractivity (Wildman–Crippen MR) is 94.8 cm³/mol. The van der Waals surface area contributed by atoms with Crippen LogP contribution in [0.4, 0.5) is 4.79 Å². The van der Waals surface area contributed by atoms with Crippen LogP contribution in [0.5, 0.6) is 0 Å². The maximum atomic E-state index is 12.1. The first-order valence-electron chi connectivity index (χ1n) is 8.32. The number of hydrogen-bond acceptors (Lipinski definition) is 4. The van der Waals surface area contributed by atoms with Gasteiger partial charge in [-0.1, -0.05) is 24.3 Å². The summed E-state index contributed by atoms with van der Waals surface area (Å²) in [5, 5.41) is 5.81. The Morgan fingerprint density at radius 1 is 1.38 bits per heavy atom. The van der Waals surface area contributed by atoms with Crippen LogP contribution in [0.2, 0.25) is 0 Å². The molecule has 1 unspecified atom stereocenters. The molecule has 1 heterocycles. The summed E-state index contributed by atoms with van der Waals surface area (Å²) in [7, 11) is 0. The molecule has 0 saturated heterocycles. The van der Waals surface area contributed by atoms with Gasteiger partial charge in [0.15, 0.2) is 0 Å². The number of nitrogens with one attached hydrogen (secondary N) is 2. The van der Waals surface area contributed by atoms with Crippen molar-refractivity contribution in [2.45, 2.75) is 31.4 Å². The summed E-state index contributed by atoms with van der Waals surface area (Å²) in [4.78, 5) is 23.7. The van der Waals surface area contributed by atoms with Gasteiger partial charge in [-0.15, -0.1) is 11.8 Å². The molecule has 0 radical (unpaired) electrons. The van der Waals surface area contributed by atoms with E-state index in [9.17, 15) is 9.59 Å². The van der Waals surface area contributed by atoms with Crippen LogP contribution < -0.4 is 10.6 Å². The van der Waals surface area contributed by atoms with Crippen molar-refractivity contribution in [3.63, 3.8) is 0 Å². The third kappa shape index (κ3) is 3.75. The third-order valence-corrected chi connectivity index (χ3v) is 5.67. The van der Waals surface area contributed by atoms with Crippen LogP contribution in [-0.2, 0) is 16.0 Å².